The zero-order valence-electron chi connectivity index (χ0n) is 20.4. The summed E-state index contributed by atoms with van der Waals surface area (Å²) in [5, 5.41) is 4.84. The predicted octanol–water partition coefficient (Wildman–Crippen LogP) is 5.27. The molecule has 4 aromatic rings. The van der Waals surface area contributed by atoms with Crippen LogP contribution >= 0.6 is 11.6 Å². The molecule has 186 valence electrons. The van der Waals surface area contributed by atoms with E-state index in [4.69, 9.17) is 16.3 Å². The van der Waals surface area contributed by atoms with Gasteiger partial charge >= 0.3 is 0 Å². The topological polar surface area (TPSA) is 64.7 Å². The number of pyridine rings is 1. The van der Waals surface area contributed by atoms with Gasteiger partial charge in [-0.3, -0.25) is 13.9 Å². The summed E-state index contributed by atoms with van der Waals surface area (Å²) in [7, 11) is 0. The van der Waals surface area contributed by atoms with Crippen molar-refractivity contribution in [2.45, 2.75) is 51.9 Å². The van der Waals surface area contributed by atoms with E-state index in [-0.39, 0.29) is 17.8 Å². The van der Waals surface area contributed by atoms with Gasteiger partial charge in [0.15, 0.2) is 0 Å². The van der Waals surface area contributed by atoms with Gasteiger partial charge in [-0.05, 0) is 57.9 Å². The average Bonchev–Trinajstić information content (AvgIpc) is 3.58. The van der Waals surface area contributed by atoms with Crippen LogP contribution in [0, 0.1) is 19.7 Å². The number of nitrogens with zero attached hydrogens (tertiary/aromatic N) is 5. The zero-order chi connectivity index (χ0) is 25.1. The van der Waals surface area contributed by atoms with Gasteiger partial charge < -0.3 is 9.64 Å². The molecule has 1 aliphatic heterocycles. The van der Waals surface area contributed by atoms with Crippen molar-refractivity contribution < 1.29 is 9.13 Å². The van der Waals surface area contributed by atoms with Crippen LogP contribution in [0.5, 0.6) is 0 Å². The van der Waals surface area contributed by atoms with Crippen molar-refractivity contribution in [3.05, 3.63) is 80.9 Å². The van der Waals surface area contributed by atoms with E-state index in [9.17, 15) is 4.79 Å². The number of hydrogen-bond acceptors (Lipinski definition) is 5. The number of benzene rings is 1. The highest BCUT2D eigenvalue weighted by atomic mass is 35.5. The molecule has 0 radical (unpaired) electrons. The fourth-order valence-electron chi connectivity index (χ4n) is 4.90. The number of fused-ring (bicyclic) bond motifs is 1. The van der Waals surface area contributed by atoms with E-state index in [1.165, 1.54) is 10.5 Å². The van der Waals surface area contributed by atoms with Crippen molar-refractivity contribution >= 4 is 22.9 Å². The van der Waals surface area contributed by atoms with Crippen molar-refractivity contribution in [2.75, 3.05) is 18.0 Å². The van der Waals surface area contributed by atoms with E-state index >= 15 is 4.39 Å². The van der Waals surface area contributed by atoms with Gasteiger partial charge in [0.05, 0.1) is 24.0 Å². The number of hydrogen-bond donors (Lipinski definition) is 0. The van der Waals surface area contributed by atoms with E-state index in [0.717, 1.165) is 24.1 Å². The highest BCUT2D eigenvalue weighted by molar-refractivity contribution is 6.30. The van der Waals surface area contributed by atoms with Gasteiger partial charge in [-0.15, -0.1) is 0 Å². The van der Waals surface area contributed by atoms with Crippen molar-refractivity contribution in [3.8, 4) is 11.1 Å². The third-order valence-electron chi connectivity index (χ3n) is 7.14. The minimum absolute atomic E-state index is 0.0472. The summed E-state index contributed by atoms with van der Waals surface area (Å²) in [4.78, 5) is 20.1. The van der Waals surface area contributed by atoms with Crippen molar-refractivity contribution in [3.63, 3.8) is 0 Å². The molecule has 0 unspecified atom stereocenters. The molecule has 0 spiro atoms. The van der Waals surface area contributed by atoms with Crippen molar-refractivity contribution in [1.29, 1.82) is 0 Å². The Morgan fingerprint density at radius 3 is 2.67 bits per heavy atom. The first-order valence-electron chi connectivity index (χ1n) is 12.2. The van der Waals surface area contributed by atoms with Gasteiger partial charge in [-0.25, -0.2) is 9.37 Å². The van der Waals surface area contributed by atoms with Crippen molar-refractivity contribution in [2.24, 2.45) is 0 Å². The van der Waals surface area contributed by atoms with E-state index in [2.05, 4.69) is 21.2 Å². The lowest BCUT2D eigenvalue weighted by Gasteiger charge is -2.38. The lowest BCUT2D eigenvalue weighted by atomic mass is 10.0. The van der Waals surface area contributed by atoms with Gasteiger partial charge in [0.2, 0.25) is 0 Å². The fourth-order valence-corrected chi connectivity index (χ4v) is 5.06. The SMILES string of the molecule is Cc1nc2c(-c3ccc(Cl)cc3F)cc(N3C[C@@H](C)O[C@@H](c4cnn(C5CC5)c4)C3)cn2c(=O)c1C. The third-order valence-corrected chi connectivity index (χ3v) is 7.37. The van der Waals surface area contributed by atoms with E-state index in [1.807, 2.05) is 23.9 Å². The Morgan fingerprint density at radius 1 is 1.11 bits per heavy atom. The lowest BCUT2D eigenvalue weighted by Crippen LogP contribution is -2.43. The quantitative estimate of drug-likeness (QED) is 0.376. The number of morpholine rings is 1. The van der Waals surface area contributed by atoms with Crippen LogP contribution in [0.4, 0.5) is 10.1 Å². The summed E-state index contributed by atoms with van der Waals surface area (Å²) < 4.78 is 24.9. The average molecular weight is 508 g/mol. The Balaban J connectivity index is 1.47. The van der Waals surface area contributed by atoms with Gasteiger partial charge in [-0.1, -0.05) is 11.6 Å². The summed E-state index contributed by atoms with van der Waals surface area (Å²) in [5.41, 5.74) is 4.15. The van der Waals surface area contributed by atoms with Gasteiger partial charge in [0.1, 0.15) is 17.6 Å². The fraction of sp³-hybridized carbons (Fsp3) is 0.370. The molecule has 2 fully saturated rings. The standard InChI is InChI=1S/C27H27ClFN5O2/c1-15-11-32(14-25(36-15)18-10-30-34(12-18)20-5-6-20)21-9-23(22-7-4-19(28)8-24(22)29)26-31-17(3)16(2)27(35)33(26)13-21/h4,7-10,12-13,15,20,25H,5-6,11,14H2,1-3H3/t15-,25-/m1/s1. The van der Waals surface area contributed by atoms with Crippen LogP contribution in [0.3, 0.4) is 0 Å². The molecule has 4 heterocycles. The number of halogens is 2. The summed E-state index contributed by atoms with van der Waals surface area (Å²) in [5.74, 6) is -0.463. The molecule has 1 aromatic carbocycles. The normalized spacial score (nSPS) is 20.3. The summed E-state index contributed by atoms with van der Waals surface area (Å²) >= 11 is 6.02. The summed E-state index contributed by atoms with van der Waals surface area (Å²) in [6, 6.07) is 6.97. The molecule has 0 N–H and O–H groups in total. The maximum absolute atomic E-state index is 15.1. The minimum Gasteiger partial charge on any atom is -0.367 e. The highest BCUT2D eigenvalue weighted by Gasteiger charge is 2.31. The van der Waals surface area contributed by atoms with Gasteiger partial charge in [0.25, 0.3) is 5.56 Å². The molecule has 9 heteroatoms. The molecule has 1 aliphatic carbocycles. The maximum atomic E-state index is 15.1. The number of rotatable bonds is 4. The Morgan fingerprint density at radius 2 is 1.92 bits per heavy atom. The first-order chi connectivity index (χ1) is 17.3. The molecule has 7 nitrogen and oxygen atoms in total. The third kappa shape index (κ3) is 4.08. The van der Waals surface area contributed by atoms with Crippen molar-refractivity contribution in [1.82, 2.24) is 19.2 Å². The van der Waals surface area contributed by atoms with Crippen LogP contribution in [0.25, 0.3) is 16.8 Å². The van der Waals surface area contributed by atoms with Crippen LogP contribution < -0.4 is 10.5 Å². The largest absolute Gasteiger partial charge is 0.367 e. The zero-order valence-corrected chi connectivity index (χ0v) is 21.2. The molecule has 3 aromatic heterocycles. The van der Waals surface area contributed by atoms with Crippen LogP contribution in [-0.2, 0) is 4.74 Å². The van der Waals surface area contributed by atoms with Crippen LogP contribution in [0.2, 0.25) is 5.02 Å². The summed E-state index contributed by atoms with van der Waals surface area (Å²) in [6.07, 6.45) is 7.88. The number of aromatic nitrogens is 4. The maximum Gasteiger partial charge on any atom is 0.261 e. The second-order valence-corrected chi connectivity index (χ2v) is 10.3. The van der Waals surface area contributed by atoms with Crippen LogP contribution in [0.15, 0.2) is 47.7 Å². The number of ether oxygens (including phenoxy) is 1. The smallest absolute Gasteiger partial charge is 0.261 e. The molecule has 1 saturated heterocycles. The van der Waals surface area contributed by atoms with E-state index < -0.39 is 5.82 Å². The van der Waals surface area contributed by atoms with Gasteiger partial charge in [0, 0.05) is 58.5 Å². The molecule has 2 atom stereocenters. The summed E-state index contributed by atoms with van der Waals surface area (Å²) in [6.45, 7) is 6.81. The Bertz CT molecular complexity index is 1540. The Hall–Kier alpha value is -3.23. The monoisotopic (exact) mass is 507 g/mol. The number of anilines is 1. The molecular formula is C27H27ClFN5O2. The second-order valence-electron chi connectivity index (χ2n) is 9.88. The van der Waals surface area contributed by atoms with E-state index in [0.29, 0.717) is 52.2 Å². The molecule has 36 heavy (non-hydrogen) atoms. The first-order valence-corrected chi connectivity index (χ1v) is 12.6. The predicted molar refractivity (Wildman–Crippen MR) is 137 cm³/mol. The second kappa shape index (κ2) is 8.71. The molecule has 1 saturated carbocycles. The molecular weight excluding hydrogens is 481 g/mol. The molecule has 2 aliphatic rings. The van der Waals surface area contributed by atoms with Crippen LogP contribution in [0.1, 0.15) is 48.7 Å². The first kappa shape index (κ1) is 23.2. The van der Waals surface area contributed by atoms with Gasteiger partial charge in [-0.2, -0.15) is 5.10 Å². The Kier molecular flexibility index (Phi) is 5.61. The minimum atomic E-state index is -0.463. The molecule has 0 amide bonds. The lowest BCUT2D eigenvalue weighted by molar-refractivity contribution is -0.0174. The Labute approximate surface area is 213 Å². The van der Waals surface area contributed by atoms with Crippen LogP contribution in [-0.4, -0.2) is 38.4 Å². The molecule has 6 rings (SSSR count). The highest BCUT2D eigenvalue weighted by Crippen LogP contribution is 2.37. The van der Waals surface area contributed by atoms with E-state index in [1.54, 1.807) is 32.2 Å². The number of aryl methyl sites for hydroxylation is 1. The molecule has 0 bridgehead atoms.